The Morgan fingerprint density at radius 1 is 1.60 bits per heavy atom. The minimum Gasteiger partial charge on any atom is -0.475 e. The largest absolute Gasteiger partial charge is 0.475 e. The lowest BCUT2D eigenvalue weighted by atomic mass is 10.4. The maximum Gasteiger partial charge on any atom is 0.255 e. The smallest absolute Gasteiger partial charge is 0.255 e. The van der Waals surface area contributed by atoms with Crippen LogP contribution in [0.1, 0.15) is 6.42 Å². The fourth-order valence-corrected chi connectivity index (χ4v) is 1.44. The number of pyridine rings is 1. The van der Waals surface area contributed by atoms with Crippen molar-refractivity contribution in [1.82, 2.24) is 4.98 Å². The van der Waals surface area contributed by atoms with Gasteiger partial charge in [0, 0.05) is 17.1 Å². The minimum absolute atomic E-state index is 0.189. The maximum atomic E-state index is 13.1. The first-order chi connectivity index (χ1) is 6.99. The van der Waals surface area contributed by atoms with E-state index in [0.29, 0.717) is 4.47 Å². The van der Waals surface area contributed by atoms with Crippen LogP contribution in [0.15, 0.2) is 16.7 Å². The summed E-state index contributed by atoms with van der Waals surface area (Å²) in [6.07, 6.45) is 1.16. The van der Waals surface area contributed by atoms with Crippen LogP contribution in [-0.2, 0) is 0 Å². The highest BCUT2D eigenvalue weighted by atomic mass is 79.9. The Bertz CT molecular complexity index is 386. The molecule has 1 heterocycles. The first-order valence-corrected chi connectivity index (χ1v) is 5.10. The zero-order valence-electron chi connectivity index (χ0n) is 7.51. The van der Waals surface area contributed by atoms with E-state index in [4.69, 9.17) is 4.74 Å². The molecule has 0 aromatic carbocycles. The number of ether oxygens (including phenoxy) is 1. The number of halogens is 4. The average Bonchev–Trinajstić information content (AvgIpc) is 2.73. The fourth-order valence-electron chi connectivity index (χ4n) is 1.14. The van der Waals surface area contributed by atoms with Crippen LogP contribution in [0.25, 0.3) is 0 Å². The molecule has 2 rings (SSSR count). The summed E-state index contributed by atoms with van der Waals surface area (Å²) in [5, 5.41) is 0. The average molecular weight is 282 g/mol. The van der Waals surface area contributed by atoms with Gasteiger partial charge in [0.1, 0.15) is 0 Å². The topological polar surface area (TPSA) is 22.1 Å². The molecule has 1 atom stereocenters. The van der Waals surface area contributed by atoms with E-state index >= 15 is 0 Å². The molecule has 1 unspecified atom stereocenters. The maximum absolute atomic E-state index is 13.1. The number of nitrogens with zero attached hydrogens (tertiary/aromatic N) is 1. The van der Waals surface area contributed by atoms with E-state index in [1.54, 1.807) is 0 Å². The third kappa shape index (κ3) is 2.42. The highest BCUT2D eigenvalue weighted by molar-refractivity contribution is 9.10. The molecule has 1 saturated carbocycles. The van der Waals surface area contributed by atoms with Crippen molar-refractivity contribution in [3.8, 4) is 5.88 Å². The zero-order valence-corrected chi connectivity index (χ0v) is 9.10. The monoisotopic (exact) mass is 281 g/mol. The van der Waals surface area contributed by atoms with Crippen molar-refractivity contribution < 1.29 is 17.9 Å². The molecule has 15 heavy (non-hydrogen) atoms. The van der Waals surface area contributed by atoms with Crippen LogP contribution < -0.4 is 4.74 Å². The molecule has 6 heteroatoms. The molecule has 0 saturated heterocycles. The van der Waals surface area contributed by atoms with Gasteiger partial charge in [-0.25, -0.2) is 18.2 Å². The Hall–Kier alpha value is -0.780. The summed E-state index contributed by atoms with van der Waals surface area (Å²) in [6.45, 7) is -0.196. The van der Waals surface area contributed by atoms with Crippen LogP contribution in [0.4, 0.5) is 13.2 Å². The van der Waals surface area contributed by atoms with E-state index in [0.717, 1.165) is 0 Å². The van der Waals surface area contributed by atoms with Crippen molar-refractivity contribution in [3.63, 3.8) is 0 Å². The Kier molecular flexibility index (Phi) is 2.62. The lowest BCUT2D eigenvalue weighted by Crippen LogP contribution is -2.07. The molecule has 1 aromatic rings. The molecule has 1 aliphatic rings. The van der Waals surface area contributed by atoms with Gasteiger partial charge in [0.05, 0.1) is 12.5 Å². The van der Waals surface area contributed by atoms with Crippen LogP contribution in [0.3, 0.4) is 0 Å². The normalized spacial score (nSPS) is 22.5. The van der Waals surface area contributed by atoms with Gasteiger partial charge in [0.2, 0.25) is 5.88 Å². The van der Waals surface area contributed by atoms with Gasteiger partial charge in [-0.1, -0.05) is 0 Å². The Morgan fingerprint density at radius 2 is 2.27 bits per heavy atom. The minimum atomic E-state index is -2.65. The number of rotatable bonds is 3. The molecule has 0 aliphatic heterocycles. The zero-order chi connectivity index (χ0) is 11.1. The predicted molar refractivity (Wildman–Crippen MR) is 50.4 cm³/mol. The summed E-state index contributed by atoms with van der Waals surface area (Å²) in [6, 6.07) is 1.17. The van der Waals surface area contributed by atoms with Crippen molar-refractivity contribution in [2.45, 2.75) is 12.3 Å². The van der Waals surface area contributed by atoms with Crippen molar-refractivity contribution in [1.29, 1.82) is 0 Å². The second-order valence-electron chi connectivity index (χ2n) is 3.41. The molecular formula is C9H7BrF3NO. The molecule has 2 nitrogen and oxygen atoms in total. The van der Waals surface area contributed by atoms with E-state index in [2.05, 4.69) is 20.9 Å². The summed E-state index contributed by atoms with van der Waals surface area (Å²) in [5.41, 5.74) is 0. The summed E-state index contributed by atoms with van der Waals surface area (Å²) in [4.78, 5) is 3.64. The summed E-state index contributed by atoms with van der Waals surface area (Å²) < 4.78 is 43.4. The highest BCUT2D eigenvalue weighted by Crippen LogP contribution is 2.48. The predicted octanol–water partition coefficient (Wildman–Crippen LogP) is 3.02. The van der Waals surface area contributed by atoms with Crippen molar-refractivity contribution >= 4 is 15.9 Å². The molecular weight excluding hydrogens is 275 g/mol. The van der Waals surface area contributed by atoms with Crippen molar-refractivity contribution in [3.05, 3.63) is 22.6 Å². The molecule has 1 fully saturated rings. The van der Waals surface area contributed by atoms with Gasteiger partial charge in [0.25, 0.3) is 5.92 Å². The number of aromatic nitrogens is 1. The van der Waals surface area contributed by atoms with Crippen LogP contribution >= 0.6 is 15.9 Å². The Labute approximate surface area is 92.6 Å². The Balaban J connectivity index is 1.94. The molecule has 1 aromatic heterocycles. The highest BCUT2D eigenvalue weighted by Gasteiger charge is 2.57. The van der Waals surface area contributed by atoms with Crippen LogP contribution in [0.2, 0.25) is 0 Å². The van der Waals surface area contributed by atoms with Crippen LogP contribution in [0, 0.1) is 11.7 Å². The van der Waals surface area contributed by atoms with Crippen LogP contribution in [0.5, 0.6) is 5.88 Å². The summed E-state index contributed by atoms with van der Waals surface area (Å²) >= 11 is 3.03. The van der Waals surface area contributed by atoms with E-state index in [-0.39, 0.29) is 18.9 Å². The van der Waals surface area contributed by atoms with Crippen molar-refractivity contribution in [2.24, 2.45) is 5.92 Å². The fraction of sp³-hybridized carbons (Fsp3) is 0.444. The lowest BCUT2D eigenvalue weighted by Gasteiger charge is -2.05. The van der Waals surface area contributed by atoms with Gasteiger partial charge >= 0.3 is 0 Å². The Morgan fingerprint density at radius 3 is 2.80 bits per heavy atom. The quantitative estimate of drug-likeness (QED) is 0.850. The van der Waals surface area contributed by atoms with E-state index < -0.39 is 17.7 Å². The van der Waals surface area contributed by atoms with Gasteiger partial charge in [-0.05, 0) is 22.0 Å². The van der Waals surface area contributed by atoms with Gasteiger partial charge < -0.3 is 4.74 Å². The third-order valence-corrected chi connectivity index (χ3v) is 2.58. The molecule has 82 valence electrons. The summed E-state index contributed by atoms with van der Waals surface area (Å²) in [5.74, 6) is -4.34. The molecule has 1 aliphatic carbocycles. The van der Waals surface area contributed by atoms with Crippen molar-refractivity contribution in [2.75, 3.05) is 6.61 Å². The molecule has 0 radical (unpaired) electrons. The first kappa shape index (κ1) is 10.7. The number of alkyl halides is 2. The second kappa shape index (κ2) is 3.66. The number of hydrogen-bond donors (Lipinski definition) is 0. The summed E-state index contributed by atoms with van der Waals surface area (Å²) in [7, 11) is 0. The molecule has 0 amide bonds. The lowest BCUT2D eigenvalue weighted by molar-refractivity contribution is 0.0842. The molecule has 0 N–H and O–H groups in total. The number of hydrogen-bond acceptors (Lipinski definition) is 2. The standard InChI is InChI=1S/C9H7BrF3NO/c10-6-1-7(11)8(14-3-6)15-4-5-2-9(5,12)13/h1,3,5H,2,4H2. The SMILES string of the molecule is Fc1cc(Br)cnc1OCC1CC1(F)F. The van der Waals surface area contributed by atoms with Crippen LogP contribution in [-0.4, -0.2) is 17.5 Å². The van der Waals surface area contributed by atoms with E-state index in [9.17, 15) is 13.2 Å². The van der Waals surface area contributed by atoms with Gasteiger partial charge in [-0.15, -0.1) is 0 Å². The molecule has 0 spiro atoms. The second-order valence-corrected chi connectivity index (χ2v) is 4.33. The van der Waals surface area contributed by atoms with Gasteiger partial charge in [-0.3, -0.25) is 0 Å². The molecule has 0 bridgehead atoms. The first-order valence-electron chi connectivity index (χ1n) is 4.31. The third-order valence-electron chi connectivity index (χ3n) is 2.15. The van der Waals surface area contributed by atoms with E-state index in [1.807, 2.05) is 0 Å². The van der Waals surface area contributed by atoms with E-state index in [1.165, 1.54) is 12.3 Å². The van der Waals surface area contributed by atoms with Gasteiger partial charge in [0.15, 0.2) is 5.82 Å². The van der Waals surface area contributed by atoms with Gasteiger partial charge in [-0.2, -0.15) is 0 Å².